The van der Waals surface area contributed by atoms with E-state index in [1.165, 1.54) is 0 Å². The van der Waals surface area contributed by atoms with Crippen molar-refractivity contribution >= 4 is 15.6 Å². The van der Waals surface area contributed by atoms with Gasteiger partial charge in [0.15, 0.2) is 5.78 Å². The first-order valence-electron chi connectivity index (χ1n) is 8.42. The van der Waals surface area contributed by atoms with Gasteiger partial charge in [0.25, 0.3) is 0 Å². The molecule has 1 aromatic carbocycles. The number of rotatable bonds is 5. The molecule has 128 valence electrons. The van der Waals surface area contributed by atoms with Crippen LogP contribution in [0.5, 0.6) is 0 Å². The van der Waals surface area contributed by atoms with E-state index in [-0.39, 0.29) is 38.8 Å². The molecular formula is C20H24O3S. The summed E-state index contributed by atoms with van der Waals surface area (Å²) in [6.07, 6.45) is 3.25. The zero-order valence-electron chi connectivity index (χ0n) is 14.5. The Morgan fingerprint density at radius 1 is 1.25 bits per heavy atom. The Labute approximate surface area is 144 Å². The Morgan fingerprint density at radius 2 is 1.88 bits per heavy atom. The Balaban J connectivity index is 2.23. The van der Waals surface area contributed by atoms with Gasteiger partial charge in [-0.05, 0) is 47.8 Å². The van der Waals surface area contributed by atoms with Crippen LogP contribution in [0.25, 0.3) is 0 Å². The van der Waals surface area contributed by atoms with Crippen LogP contribution >= 0.6 is 0 Å². The fourth-order valence-electron chi connectivity index (χ4n) is 4.31. The van der Waals surface area contributed by atoms with Gasteiger partial charge in [0.05, 0.1) is 4.90 Å². The fraction of sp³-hybridized carbons (Fsp3) is 0.450. The zero-order chi connectivity index (χ0) is 17.7. The van der Waals surface area contributed by atoms with Gasteiger partial charge in [-0.25, -0.2) is 8.42 Å². The molecule has 24 heavy (non-hydrogen) atoms. The minimum atomic E-state index is -3.78. The number of fused-ring (bicyclic) bond motifs is 1. The summed E-state index contributed by atoms with van der Waals surface area (Å²) >= 11 is 0. The van der Waals surface area contributed by atoms with Crippen LogP contribution in [0.1, 0.15) is 33.6 Å². The van der Waals surface area contributed by atoms with Crippen LogP contribution in [0.2, 0.25) is 0 Å². The van der Waals surface area contributed by atoms with E-state index in [1.807, 2.05) is 6.92 Å². The van der Waals surface area contributed by atoms with Crippen LogP contribution < -0.4 is 0 Å². The number of carbonyl (C=O) groups is 1. The molecule has 0 aromatic heterocycles. The summed E-state index contributed by atoms with van der Waals surface area (Å²) in [7, 11) is -3.78. The van der Waals surface area contributed by atoms with Gasteiger partial charge in [0.2, 0.25) is 9.84 Å². The molecule has 0 N–H and O–H groups in total. The van der Waals surface area contributed by atoms with E-state index >= 15 is 0 Å². The molecule has 0 unspecified atom stereocenters. The normalized spacial score (nSPS) is 26.7. The topological polar surface area (TPSA) is 51.2 Å². The Morgan fingerprint density at radius 3 is 2.42 bits per heavy atom. The maximum Gasteiger partial charge on any atom is 0.210 e. The van der Waals surface area contributed by atoms with E-state index in [1.54, 1.807) is 36.4 Å². The highest BCUT2D eigenvalue weighted by Gasteiger charge is 2.60. The van der Waals surface area contributed by atoms with E-state index in [2.05, 4.69) is 20.4 Å². The fourth-order valence-corrected chi connectivity index (χ4v) is 6.12. The van der Waals surface area contributed by atoms with E-state index in [0.717, 1.165) is 12.0 Å². The number of hydrogen-bond donors (Lipinski definition) is 0. The quantitative estimate of drug-likeness (QED) is 0.753. The third-order valence-electron chi connectivity index (χ3n) is 5.82. The summed E-state index contributed by atoms with van der Waals surface area (Å²) in [6, 6.07) is 8.29. The molecule has 0 saturated heterocycles. The monoisotopic (exact) mass is 344 g/mol. The van der Waals surface area contributed by atoms with Gasteiger partial charge in [-0.3, -0.25) is 4.79 Å². The van der Waals surface area contributed by atoms with Gasteiger partial charge in [0.1, 0.15) is 4.91 Å². The van der Waals surface area contributed by atoms with Gasteiger partial charge in [-0.15, -0.1) is 6.58 Å². The van der Waals surface area contributed by atoms with E-state index < -0.39 is 9.84 Å². The molecule has 1 aromatic rings. The molecule has 0 radical (unpaired) electrons. The van der Waals surface area contributed by atoms with E-state index in [4.69, 9.17) is 0 Å². The zero-order valence-corrected chi connectivity index (χ0v) is 15.3. The summed E-state index contributed by atoms with van der Waals surface area (Å²) in [4.78, 5) is 13.3. The van der Waals surface area contributed by atoms with Gasteiger partial charge >= 0.3 is 0 Å². The second kappa shape index (κ2) is 5.69. The molecular weight excluding hydrogens is 320 g/mol. The number of ketones is 1. The minimum Gasteiger partial charge on any atom is -0.293 e. The maximum atomic E-state index is 13.2. The number of hydrogen-bond acceptors (Lipinski definition) is 3. The van der Waals surface area contributed by atoms with Gasteiger partial charge in [-0.2, -0.15) is 0 Å². The second-order valence-electron chi connectivity index (χ2n) is 7.55. The van der Waals surface area contributed by atoms with Gasteiger partial charge in [-0.1, -0.05) is 45.0 Å². The average Bonchev–Trinajstić information content (AvgIpc) is 2.54. The second-order valence-corrected chi connectivity index (χ2v) is 9.44. The Kier molecular flexibility index (Phi) is 4.07. The van der Waals surface area contributed by atoms with Crippen molar-refractivity contribution in [2.75, 3.05) is 0 Å². The van der Waals surface area contributed by atoms with Crippen molar-refractivity contribution in [3.63, 3.8) is 0 Å². The van der Waals surface area contributed by atoms with Crippen LogP contribution in [0.4, 0.5) is 0 Å². The predicted molar refractivity (Wildman–Crippen MR) is 95.0 cm³/mol. The first kappa shape index (κ1) is 17.2. The Bertz CT molecular complexity index is 816. The molecule has 4 rings (SSSR count). The molecule has 2 bridgehead atoms. The van der Waals surface area contributed by atoms with Crippen molar-refractivity contribution in [2.24, 2.45) is 23.2 Å². The molecule has 1 saturated carbocycles. The minimum absolute atomic E-state index is 0.00506. The van der Waals surface area contributed by atoms with E-state index in [0.29, 0.717) is 6.42 Å². The van der Waals surface area contributed by atoms with Crippen molar-refractivity contribution in [1.29, 1.82) is 0 Å². The summed E-state index contributed by atoms with van der Waals surface area (Å²) in [5.41, 5.74) is 0.661. The highest BCUT2D eigenvalue weighted by atomic mass is 32.2. The van der Waals surface area contributed by atoms with Gasteiger partial charge in [0, 0.05) is 5.92 Å². The molecule has 0 heterocycles. The number of allylic oxidation sites excluding steroid dienone is 3. The number of carbonyl (C=O) groups excluding carboxylic acids is 1. The van der Waals surface area contributed by atoms with Crippen LogP contribution in [-0.2, 0) is 14.6 Å². The maximum absolute atomic E-state index is 13.2. The van der Waals surface area contributed by atoms with Crippen LogP contribution in [0.3, 0.4) is 0 Å². The number of benzene rings is 1. The highest BCUT2D eigenvalue weighted by molar-refractivity contribution is 7.96. The first-order valence-corrected chi connectivity index (χ1v) is 9.90. The number of Topliss-reactive ketones (excluding diaryl/α,β-unsaturated/α-hetero) is 1. The summed E-state index contributed by atoms with van der Waals surface area (Å²) in [6.45, 7) is 9.94. The van der Waals surface area contributed by atoms with Crippen LogP contribution in [-0.4, -0.2) is 14.2 Å². The highest BCUT2D eigenvalue weighted by Crippen LogP contribution is 2.62. The lowest BCUT2D eigenvalue weighted by Gasteiger charge is -2.57. The largest absolute Gasteiger partial charge is 0.293 e. The molecule has 3 atom stereocenters. The van der Waals surface area contributed by atoms with Crippen molar-refractivity contribution in [3.8, 4) is 0 Å². The smallest absolute Gasteiger partial charge is 0.210 e. The summed E-state index contributed by atoms with van der Waals surface area (Å²) in [5.74, 6) is -0.220. The molecule has 4 heteroatoms. The van der Waals surface area contributed by atoms with Crippen LogP contribution in [0.15, 0.2) is 58.4 Å². The lowest BCUT2D eigenvalue weighted by atomic mass is 9.47. The van der Waals surface area contributed by atoms with Crippen molar-refractivity contribution in [3.05, 3.63) is 53.5 Å². The van der Waals surface area contributed by atoms with Crippen LogP contribution in [0, 0.1) is 23.2 Å². The number of sulfone groups is 1. The summed E-state index contributed by atoms with van der Waals surface area (Å²) < 4.78 is 26.4. The predicted octanol–water partition coefficient (Wildman–Crippen LogP) is 4.17. The average molecular weight is 344 g/mol. The third kappa shape index (κ3) is 2.31. The third-order valence-corrected chi connectivity index (χ3v) is 7.69. The van der Waals surface area contributed by atoms with Gasteiger partial charge < -0.3 is 0 Å². The molecule has 1 fully saturated rings. The summed E-state index contributed by atoms with van der Waals surface area (Å²) in [5, 5.41) is 0. The molecule has 0 aliphatic heterocycles. The van der Waals surface area contributed by atoms with E-state index in [9.17, 15) is 13.2 Å². The lowest BCUT2D eigenvalue weighted by molar-refractivity contribution is -0.135. The molecule has 0 spiro atoms. The SMILES string of the molecule is C=CC[C@@H](C)C1=C(S(=O)(=O)c2ccccc2)C(=O)[C@@H]2C[C@H]1C2(C)C. The first-order chi connectivity index (χ1) is 11.2. The van der Waals surface area contributed by atoms with Crippen molar-refractivity contribution in [2.45, 2.75) is 38.5 Å². The standard InChI is InChI=1S/C20H24O3S/c1-5-9-13(2)17-15-12-16(20(15,3)4)18(21)19(17)24(22,23)14-10-7-6-8-11-14/h5-8,10-11,13,15-16H,1,9,12H2,2-4H3/t13-,15-,16+/m1/s1. The molecule has 3 nitrogen and oxygen atoms in total. The van der Waals surface area contributed by atoms with Crippen molar-refractivity contribution < 1.29 is 13.2 Å². The Hall–Kier alpha value is -1.68. The molecule has 0 amide bonds. The molecule has 3 aliphatic carbocycles. The van der Waals surface area contributed by atoms with Crippen molar-refractivity contribution in [1.82, 2.24) is 0 Å². The lowest BCUT2D eigenvalue weighted by Crippen LogP contribution is -2.55. The molecule has 3 aliphatic rings.